The summed E-state index contributed by atoms with van der Waals surface area (Å²) in [5.41, 5.74) is 0. The molecule has 20 heavy (non-hydrogen) atoms. The quantitative estimate of drug-likeness (QED) is 0.817. The number of hydrogen-bond donors (Lipinski definition) is 1. The van der Waals surface area contributed by atoms with Gasteiger partial charge in [-0.05, 0) is 19.8 Å². The predicted molar refractivity (Wildman–Crippen MR) is 70.7 cm³/mol. The van der Waals surface area contributed by atoms with Gasteiger partial charge in [0, 0.05) is 25.5 Å². The van der Waals surface area contributed by atoms with Crippen LogP contribution in [0.4, 0.5) is 0 Å². The number of carbonyl (C=O) groups is 1. The first-order valence-electron chi connectivity index (χ1n) is 6.41. The topological polar surface area (TPSA) is 98.2 Å². The lowest BCUT2D eigenvalue weighted by molar-refractivity contribution is -0.120. The van der Waals surface area contributed by atoms with Gasteiger partial charge in [-0.1, -0.05) is 0 Å². The van der Waals surface area contributed by atoms with Crippen LogP contribution in [-0.2, 0) is 19.4 Å². The molecule has 1 aromatic rings. The third kappa shape index (κ3) is 3.31. The van der Waals surface area contributed by atoms with Crippen LogP contribution in [0.1, 0.15) is 19.8 Å². The van der Waals surface area contributed by atoms with Crippen molar-refractivity contribution in [2.45, 2.75) is 36.1 Å². The molecule has 1 aliphatic rings. The van der Waals surface area contributed by atoms with Gasteiger partial charge in [0.05, 0.1) is 12.3 Å². The van der Waals surface area contributed by atoms with E-state index in [4.69, 9.17) is 4.74 Å². The average Bonchev–Trinajstić information content (AvgIpc) is 2.98. The minimum absolute atomic E-state index is 0.0228. The number of carbonyl (C=O) groups excluding carboxylic acids is 1. The Bertz CT molecular complexity index is 555. The monoisotopic (exact) mass is 299 g/mol. The van der Waals surface area contributed by atoms with E-state index in [1.807, 2.05) is 0 Å². The van der Waals surface area contributed by atoms with E-state index in [0.29, 0.717) is 13.2 Å². The van der Waals surface area contributed by atoms with Gasteiger partial charge in [0.1, 0.15) is 5.25 Å². The summed E-state index contributed by atoms with van der Waals surface area (Å²) in [6, 6.07) is 0. The average molecular weight is 299 g/mol. The molecular weight excluding hydrogens is 282 g/mol. The minimum Gasteiger partial charge on any atom is -0.376 e. The summed E-state index contributed by atoms with van der Waals surface area (Å²) >= 11 is 0. The molecule has 2 heterocycles. The lowest BCUT2D eigenvalue weighted by Crippen LogP contribution is -2.41. The molecule has 0 saturated carbocycles. The van der Waals surface area contributed by atoms with Gasteiger partial charge < -0.3 is 10.1 Å². The molecule has 1 fully saturated rings. The van der Waals surface area contributed by atoms with Gasteiger partial charge in [0.25, 0.3) is 0 Å². The molecule has 0 bridgehead atoms. The summed E-state index contributed by atoms with van der Waals surface area (Å²) in [7, 11) is -3.81. The van der Waals surface area contributed by atoms with Crippen molar-refractivity contribution in [3.05, 3.63) is 18.6 Å². The molecule has 1 N–H and O–H groups in total. The van der Waals surface area contributed by atoms with Crippen molar-refractivity contribution in [1.29, 1.82) is 0 Å². The van der Waals surface area contributed by atoms with Crippen LogP contribution in [-0.4, -0.2) is 48.8 Å². The SMILES string of the molecule is C[C@@H](C(=O)NC[C@@H]1CCCO1)S(=O)(=O)c1cnccn1. The highest BCUT2D eigenvalue weighted by Crippen LogP contribution is 2.13. The summed E-state index contributed by atoms with van der Waals surface area (Å²) in [4.78, 5) is 19.4. The van der Waals surface area contributed by atoms with Crippen molar-refractivity contribution in [2.24, 2.45) is 0 Å². The van der Waals surface area contributed by atoms with Crippen LogP contribution in [0.3, 0.4) is 0 Å². The zero-order valence-electron chi connectivity index (χ0n) is 11.2. The molecule has 0 aliphatic carbocycles. The van der Waals surface area contributed by atoms with Crippen molar-refractivity contribution >= 4 is 15.7 Å². The van der Waals surface area contributed by atoms with Crippen molar-refractivity contribution in [3.8, 4) is 0 Å². The van der Waals surface area contributed by atoms with E-state index >= 15 is 0 Å². The number of amides is 1. The number of nitrogens with zero attached hydrogens (tertiary/aromatic N) is 2. The molecule has 7 nitrogen and oxygen atoms in total. The maximum atomic E-state index is 12.2. The molecule has 2 rings (SSSR count). The standard InChI is InChI=1S/C12H17N3O4S/c1-9(12(16)15-7-10-3-2-6-19-10)20(17,18)11-8-13-4-5-14-11/h4-5,8-10H,2-3,6-7H2,1H3,(H,15,16)/t9-,10-/m0/s1. The number of aromatic nitrogens is 2. The summed E-state index contributed by atoms with van der Waals surface area (Å²) in [5.74, 6) is -0.550. The first-order chi connectivity index (χ1) is 9.51. The Labute approximate surface area is 117 Å². The van der Waals surface area contributed by atoms with Crippen molar-refractivity contribution in [2.75, 3.05) is 13.2 Å². The van der Waals surface area contributed by atoms with Gasteiger partial charge in [-0.2, -0.15) is 0 Å². The van der Waals surface area contributed by atoms with Gasteiger partial charge in [-0.3, -0.25) is 9.78 Å². The van der Waals surface area contributed by atoms with Crippen molar-refractivity contribution < 1.29 is 17.9 Å². The van der Waals surface area contributed by atoms with Crippen LogP contribution in [0, 0.1) is 0 Å². The molecule has 1 aliphatic heterocycles. The first-order valence-corrected chi connectivity index (χ1v) is 7.95. The second kappa shape index (κ2) is 6.27. The molecular formula is C12H17N3O4S. The second-order valence-corrected chi connectivity index (χ2v) is 6.83. The molecule has 0 radical (unpaired) electrons. The maximum Gasteiger partial charge on any atom is 0.238 e. The van der Waals surface area contributed by atoms with Crippen LogP contribution >= 0.6 is 0 Å². The lowest BCUT2D eigenvalue weighted by atomic mass is 10.2. The Morgan fingerprint density at radius 3 is 2.95 bits per heavy atom. The van der Waals surface area contributed by atoms with Crippen LogP contribution in [0.25, 0.3) is 0 Å². The van der Waals surface area contributed by atoms with E-state index in [-0.39, 0.29) is 11.1 Å². The highest BCUT2D eigenvalue weighted by atomic mass is 32.2. The molecule has 1 saturated heterocycles. The molecule has 1 aromatic heterocycles. The van der Waals surface area contributed by atoms with E-state index in [2.05, 4.69) is 15.3 Å². The van der Waals surface area contributed by atoms with Crippen molar-refractivity contribution in [3.63, 3.8) is 0 Å². The fourth-order valence-electron chi connectivity index (χ4n) is 1.92. The van der Waals surface area contributed by atoms with Gasteiger partial charge in [-0.25, -0.2) is 13.4 Å². The predicted octanol–water partition coefficient (Wildman–Crippen LogP) is -0.0660. The van der Waals surface area contributed by atoms with Crippen molar-refractivity contribution in [1.82, 2.24) is 15.3 Å². The third-order valence-electron chi connectivity index (χ3n) is 3.19. The molecule has 0 aromatic carbocycles. The number of rotatable bonds is 5. The molecule has 0 spiro atoms. The van der Waals surface area contributed by atoms with Crippen LogP contribution in [0.2, 0.25) is 0 Å². The lowest BCUT2D eigenvalue weighted by Gasteiger charge is -2.15. The van der Waals surface area contributed by atoms with E-state index in [1.165, 1.54) is 19.3 Å². The number of ether oxygens (including phenoxy) is 1. The summed E-state index contributed by atoms with van der Waals surface area (Å²) < 4.78 is 29.7. The first kappa shape index (κ1) is 14.9. The fraction of sp³-hybridized carbons (Fsp3) is 0.583. The van der Waals surface area contributed by atoms with Gasteiger partial charge in [-0.15, -0.1) is 0 Å². The van der Waals surface area contributed by atoms with E-state index in [1.54, 1.807) is 0 Å². The molecule has 8 heteroatoms. The maximum absolute atomic E-state index is 12.2. The normalized spacial score (nSPS) is 20.6. The smallest absolute Gasteiger partial charge is 0.238 e. The molecule has 110 valence electrons. The highest BCUT2D eigenvalue weighted by Gasteiger charge is 2.31. The Kier molecular flexibility index (Phi) is 4.66. The third-order valence-corrected chi connectivity index (χ3v) is 5.13. The Morgan fingerprint density at radius 2 is 2.35 bits per heavy atom. The van der Waals surface area contributed by atoms with E-state index in [9.17, 15) is 13.2 Å². The summed E-state index contributed by atoms with van der Waals surface area (Å²) in [5, 5.41) is 1.21. The Morgan fingerprint density at radius 1 is 1.55 bits per heavy atom. The zero-order chi connectivity index (χ0) is 14.6. The summed E-state index contributed by atoms with van der Waals surface area (Å²) in [6.07, 6.45) is 5.62. The molecule has 1 amide bonds. The van der Waals surface area contributed by atoms with Gasteiger partial charge >= 0.3 is 0 Å². The fourth-order valence-corrected chi connectivity index (χ4v) is 3.06. The number of nitrogens with one attached hydrogen (secondary N) is 1. The Hall–Kier alpha value is -1.54. The second-order valence-electron chi connectivity index (χ2n) is 4.61. The van der Waals surface area contributed by atoms with E-state index in [0.717, 1.165) is 19.0 Å². The zero-order valence-corrected chi connectivity index (χ0v) is 12.0. The van der Waals surface area contributed by atoms with E-state index < -0.39 is 21.0 Å². The largest absolute Gasteiger partial charge is 0.376 e. The number of hydrogen-bond acceptors (Lipinski definition) is 6. The minimum atomic E-state index is -3.81. The summed E-state index contributed by atoms with van der Waals surface area (Å²) in [6.45, 7) is 2.36. The Balaban J connectivity index is 1.98. The number of sulfone groups is 1. The van der Waals surface area contributed by atoms with Crippen LogP contribution in [0.5, 0.6) is 0 Å². The molecule has 2 atom stereocenters. The van der Waals surface area contributed by atoms with Crippen LogP contribution in [0.15, 0.2) is 23.6 Å². The highest BCUT2D eigenvalue weighted by molar-refractivity contribution is 7.92. The van der Waals surface area contributed by atoms with Gasteiger partial charge in [0.2, 0.25) is 15.7 Å². The van der Waals surface area contributed by atoms with Gasteiger partial charge in [0.15, 0.2) is 5.03 Å². The molecule has 0 unspecified atom stereocenters. The van der Waals surface area contributed by atoms with Crippen LogP contribution < -0.4 is 5.32 Å².